The van der Waals surface area contributed by atoms with Crippen molar-refractivity contribution in [3.8, 4) is 5.75 Å². The van der Waals surface area contributed by atoms with Gasteiger partial charge in [0.25, 0.3) is 11.8 Å². The number of aryl methyl sites for hydroxylation is 2. The zero-order chi connectivity index (χ0) is 19.0. The minimum atomic E-state index is -0.536. The number of carbonyl (C=O) groups is 2. The lowest BCUT2D eigenvalue weighted by atomic mass is 9.99. The van der Waals surface area contributed by atoms with Crippen LogP contribution in [-0.2, 0) is 9.59 Å². The van der Waals surface area contributed by atoms with Crippen molar-refractivity contribution in [2.45, 2.75) is 33.8 Å². The number of para-hydroxylation sites is 2. The Labute approximate surface area is 158 Å². The molecule has 0 unspecified atom stereocenters. The Morgan fingerprint density at radius 1 is 1.00 bits per heavy atom. The average molecular weight is 370 g/mol. The fourth-order valence-corrected chi connectivity index (χ4v) is 3.31. The van der Waals surface area contributed by atoms with Crippen LogP contribution in [0.25, 0.3) is 5.57 Å². The molecular weight excluding hydrogens is 350 g/mol. The van der Waals surface area contributed by atoms with Crippen molar-refractivity contribution in [1.29, 1.82) is 0 Å². The third-order valence-electron chi connectivity index (χ3n) is 4.15. The number of nitrogens with zero attached hydrogens (tertiary/aromatic N) is 1. The molecule has 1 aliphatic rings. The lowest BCUT2D eigenvalue weighted by molar-refractivity contribution is -0.119. The molecule has 0 saturated heterocycles. The van der Waals surface area contributed by atoms with E-state index in [1.54, 1.807) is 24.3 Å². The highest BCUT2D eigenvalue weighted by molar-refractivity contribution is 6.60. The summed E-state index contributed by atoms with van der Waals surface area (Å²) < 4.78 is 5.76. The molecule has 3 rings (SSSR count). The van der Waals surface area contributed by atoms with E-state index < -0.39 is 11.8 Å². The van der Waals surface area contributed by atoms with Crippen molar-refractivity contribution >= 4 is 34.7 Å². The molecule has 0 spiro atoms. The van der Waals surface area contributed by atoms with Crippen molar-refractivity contribution in [2.24, 2.45) is 0 Å². The number of halogens is 1. The van der Waals surface area contributed by atoms with Crippen LogP contribution in [0.4, 0.5) is 5.69 Å². The smallest absolute Gasteiger partial charge is 0.277 e. The van der Waals surface area contributed by atoms with E-state index in [9.17, 15) is 9.59 Å². The molecule has 1 heterocycles. The fraction of sp³-hybridized carbons (Fsp3) is 0.238. The van der Waals surface area contributed by atoms with E-state index in [0.29, 0.717) is 17.0 Å². The summed E-state index contributed by atoms with van der Waals surface area (Å²) in [6, 6.07) is 12.7. The van der Waals surface area contributed by atoms with Crippen molar-refractivity contribution in [3.05, 3.63) is 64.2 Å². The summed E-state index contributed by atoms with van der Waals surface area (Å²) >= 11 is 6.30. The van der Waals surface area contributed by atoms with Gasteiger partial charge in [0.05, 0.1) is 17.4 Å². The van der Waals surface area contributed by atoms with E-state index in [1.165, 1.54) is 0 Å². The minimum absolute atomic E-state index is 0.0682. The lowest BCUT2D eigenvalue weighted by Crippen LogP contribution is -2.31. The molecule has 0 N–H and O–H groups in total. The number of imide groups is 1. The number of hydrogen-bond donors (Lipinski definition) is 0. The summed E-state index contributed by atoms with van der Waals surface area (Å²) in [5.74, 6) is -0.506. The Morgan fingerprint density at radius 2 is 1.69 bits per heavy atom. The van der Waals surface area contributed by atoms with E-state index >= 15 is 0 Å². The van der Waals surface area contributed by atoms with Crippen molar-refractivity contribution < 1.29 is 14.3 Å². The molecule has 26 heavy (non-hydrogen) atoms. The zero-order valence-electron chi connectivity index (χ0n) is 15.2. The highest BCUT2D eigenvalue weighted by atomic mass is 35.5. The summed E-state index contributed by atoms with van der Waals surface area (Å²) in [4.78, 5) is 27.0. The van der Waals surface area contributed by atoms with Gasteiger partial charge in [0.2, 0.25) is 0 Å². The molecule has 0 atom stereocenters. The molecule has 0 saturated carbocycles. The van der Waals surface area contributed by atoms with Crippen LogP contribution in [-0.4, -0.2) is 17.9 Å². The molecule has 2 amide bonds. The second kappa shape index (κ2) is 6.96. The molecule has 0 bridgehead atoms. The summed E-state index contributed by atoms with van der Waals surface area (Å²) in [7, 11) is 0. The Hall–Kier alpha value is -2.59. The van der Waals surface area contributed by atoms with Crippen LogP contribution in [0.1, 0.15) is 30.5 Å². The summed E-state index contributed by atoms with van der Waals surface area (Å²) in [6.45, 7) is 7.64. The van der Waals surface area contributed by atoms with E-state index in [-0.39, 0.29) is 16.7 Å². The summed E-state index contributed by atoms with van der Waals surface area (Å²) in [5.41, 5.74) is 3.27. The second-order valence-electron chi connectivity index (χ2n) is 6.59. The van der Waals surface area contributed by atoms with Crippen LogP contribution in [0.15, 0.2) is 47.5 Å². The van der Waals surface area contributed by atoms with Crippen LogP contribution in [0, 0.1) is 13.8 Å². The Bertz CT molecular complexity index is 931. The van der Waals surface area contributed by atoms with Crippen molar-refractivity contribution in [2.75, 3.05) is 4.90 Å². The molecule has 0 aliphatic carbocycles. The summed E-state index contributed by atoms with van der Waals surface area (Å²) in [6.07, 6.45) is -0.0915. The molecule has 1 aliphatic heterocycles. The quantitative estimate of drug-likeness (QED) is 0.739. The first-order valence-electron chi connectivity index (χ1n) is 8.43. The normalized spacial score (nSPS) is 14.6. The van der Waals surface area contributed by atoms with E-state index in [2.05, 4.69) is 0 Å². The van der Waals surface area contributed by atoms with Gasteiger partial charge in [0.15, 0.2) is 0 Å². The third kappa shape index (κ3) is 3.13. The molecule has 5 heteroatoms. The van der Waals surface area contributed by atoms with Crippen LogP contribution < -0.4 is 9.64 Å². The third-order valence-corrected chi connectivity index (χ3v) is 4.50. The minimum Gasteiger partial charge on any atom is -0.489 e. The van der Waals surface area contributed by atoms with Crippen molar-refractivity contribution in [1.82, 2.24) is 0 Å². The van der Waals surface area contributed by atoms with Gasteiger partial charge in [-0.2, -0.15) is 0 Å². The molecular formula is C21H20ClNO3. The number of amides is 2. The number of benzene rings is 2. The number of ether oxygens (including phenoxy) is 1. The maximum absolute atomic E-state index is 13.1. The topological polar surface area (TPSA) is 46.6 Å². The maximum atomic E-state index is 13.1. The Morgan fingerprint density at radius 3 is 2.35 bits per heavy atom. The van der Waals surface area contributed by atoms with E-state index in [0.717, 1.165) is 16.0 Å². The first kappa shape index (κ1) is 18.2. The van der Waals surface area contributed by atoms with Crippen LogP contribution in [0.3, 0.4) is 0 Å². The first-order chi connectivity index (χ1) is 12.3. The second-order valence-corrected chi connectivity index (χ2v) is 6.97. The Kier molecular flexibility index (Phi) is 4.88. The van der Waals surface area contributed by atoms with Crippen LogP contribution in [0.2, 0.25) is 0 Å². The largest absolute Gasteiger partial charge is 0.489 e. The molecule has 134 valence electrons. The highest BCUT2D eigenvalue weighted by Gasteiger charge is 2.40. The molecule has 0 radical (unpaired) electrons. The van der Waals surface area contributed by atoms with Gasteiger partial charge >= 0.3 is 0 Å². The maximum Gasteiger partial charge on any atom is 0.277 e. The van der Waals surface area contributed by atoms with Gasteiger partial charge in [-0.1, -0.05) is 47.5 Å². The monoisotopic (exact) mass is 369 g/mol. The number of carbonyl (C=O) groups excluding carboxylic acids is 2. The van der Waals surface area contributed by atoms with Crippen LogP contribution >= 0.6 is 11.6 Å². The van der Waals surface area contributed by atoms with Gasteiger partial charge in [-0.3, -0.25) is 9.59 Å². The van der Waals surface area contributed by atoms with Gasteiger partial charge < -0.3 is 4.74 Å². The van der Waals surface area contributed by atoms with Crippen molar-refractivity contribution in [3.63, 3.8) is 0 Å². The Balaban J connectivity index is 2.07. The number of hydrogen-bond acceptors (Lipinski definition) is 3. The number of anilines is 1. The standard InChI is InChI=1S/C21H20ClNO3/c1-12(2)26-17-8-6-5-7-16(17)23-20(24)18(19(22)21(23)25)15-10-9-13(3)11-14(15)4/h5-12H,1-4H3. The zero-order valence-corrected chi connectivity index (χ0v) is 15.9. The van der Waals surface area contributed by atoms with Gasteiger partial charge in [-0.25, -0.2) is 4.90 Å². The molecule has 2 aromatic carbocycles. The first-order valence-corrected chi connectivity index (χ1v) is 8.81. The highest BCUT2D eigenvalue weighted by Crippen LogP contribution is 2.39. The van der Waals surface area contributed by atoms with E-state index in [1.807, 2.05) is 45.9 Å². The van der Waals surface area contributed by atoms with Gasteiger partial charge in [-0.05, 0) is 51.0 Å². The van der Waals surface area contributed by atoms with E-state index in [4.69, 9.17) is 16.3 Å². The fourth-order valence-electron chi connectivity index (χ4n) is 3.04. The average Bonchev–Trinajstić information content (AvgIpc) is 2.78. The molecule has 0 fully saturated rings. The van der Waals surface area contributed by atoms with Crippen LogP contribution in [0.5, 0.6) is 5.75 Å². The van der Waals surface area contributed by atoms with Gasteiger partial charge in [0.1, 0.15) is 10.8 Å². The number of rotatable bonds is 4. The molecule has 2 aromatic rings. The van der Waals surface area contributed by atoms with Gasteiger partial charge in [0, 0.05) is 0 Å². The van der Waals surface area contributed by atoms with Gasteiger partial charge in [-0.15, -0.1) is 0 Å². The molecule has 0 aromatic heterocycles. The molecule has 4 nitrogen and oxygen atoms in total. The predicted octanol–water partition coefficient (Wildman–Crippen LogP) is 4.61. The summed E-state index contributed by atoms with van der Waals surface area (Å²) in [5, 5.41) is -0.0682. The predicted molar refractivity (Wildman–Crippen MR) is 103 cm³/mol. The SMILES string of the molecule is Cc1ccc(C2=C(Cl)C(=O)N(c3ccccc3OC(C)C)C2=O)c(C)c1. The lowest BCUT2D eigenvalue weighted by Gasteiger charge is -2.20.